The highest BCUT2D eigenvalue weighted by molar-refractivity contribution is 6.21. The number of carbonyl (C=O) groups is 2. The van der Waals surface area contributed by atoms with Gasteiger partial charge in [-0.05, 0) is 44.9 Å². The lowest BCUT2D eigenvalue weighted by Crippen LogP contribution is -2.56. The van der Waals surface area contributed by atoms with E-state index in [9.17, 15) is 19.8 Å². The van der Waals surface area contributed by atoms with Gasteiger partial charge >= 0.3 is 11.9 Å². The van der Waals surface area contributed by atoms with Gasteiger partial charge in [0.15, 0.2) is 5.54 Å². The van der Waals surface area contributed by atoms with Gasteiger partial charge in [-0.1, -0.05) is 18.6 Å². The van der Waals surface area contributed by atoms with Gasteiger partial charge in [0.1, 0.15) is 0 Å². The molecule has 1 heterocycles. The smallest absolute Gasteiger partial charge is 0.336 e. The van der Waals surface area contributed by atoms with Gasteiger partial charge in [0, 0.05) is 17.8 Å². The number of benzene rings is 1. The Labute approximate surface area is 129 Å². The number of likely N-dealkylation sites (N-methyl/N-ethyl adjacent to an activating group) is 1. The second-order valence-corrected chi connectivity index (χ2v) is 5.65. The molecule has 0 amide bonds. The van der Waals surface area contributed by atoms with E-state index in [0.29, 0.717) is 29.8 Å². The Morgan fingerprint density at radius 1 is 1.23 bits per heavy atom. The zero-order valence-corrected chi connectivity index (χ0v) is 13.3. The summed E-state index contributed by atoms with van der Waals surface area (Å²) in [6, 6.07) is 5.50. The lowest BCUT2D eigenvalue weighted by Gasteiger charge is -2.45. The van der Waals surface area contributed by atoms with Crippen molar-refractivity contribution in [1.29, 1.82) is 0 Å². The number of nitrogens with zero attached hydrogens (tertiary/aromatic N) is 1. The molecular weight excluding hydrogens is 282 g/mol. The molecule has 1 aliphatic heterocycles. The fourth-order valence-electron chi connectivity index (χ4n) is 3.39. The average molecular weight is 303 g/mol. The van der Waals surface area contributed by atoms with Crippen LogP contribution in [-0.4, -0.2) is 34.2 Å². The fraction of sp³-hybridized carbons (Fsp3) is 0.412. The Hall–Kier alpha value is -2.30. The van der Waals surface area contributed by atoms with Gasteiger partial charge in [0.05, 0.1) is 5.57 Å². The first-order valence-electron chi connectivity index (χ1n) is 7.37. The molecule has 0 saturated heterocycles. The number of rotatable bonds is 4. The first kappa shape index (κ1) is 16.1. The molecule has 118 valence electrons. The molecule has 1 atom stereocenters. The summed E-state index contributed by atoms with van der Waals surface area (Å²) in [5.74, 6) is -2.11. The van der Waals surface area contributed by atoms with Crippen LogP contribution in [0.3, 0.4) is 0 Å². The van der Waals surface area contributed by atoms with Crippen molar-refractivity contribution in [1.82, 2.24) is 0 Å². The van der Waals surface area contributed by atoms with Crippen LogP contribution < -0.4 is 4.90 Å². The number of aliphatic carboxylic acids is 2. The third-order valence-electron chi connectivity index (χ3n) is 4.44. The Morgan fingerprint density at radius 3 is 2.32 bits per heavy atom. The molecule has 5 heteroatoms. The molecular formula is C17H21NO4. The largest absolute Gasteiger partial charge is 0.479 e. The van der Waals surface area contributed by atoms with Crippen molar-refractivity contribution in [2.24, 2.45) is 0 Å². The quantitative estimate of drug-likeness (QED) is 0.894. The first-order valence-corrected chi connectivity index (χ1v) is 7.37. The van der Waals surface area contributed by atoms with Crippen LogP contribution in [0.4, 0.5) is 5.69 Å². The van der Waals surface area contributed by atoms with Crippen molar-refractivity contribution in [3.63, 3.8) is 0 Å². The van der Waals surface area contributed by atoms with Crippen LogP contribution in [0.5, 0.6) is 0 Å². The van der Waals surface area contributed by atoms with Crippen molar-refractivity contribution in [3.05, 3.63) is 34.9 Å². The van der Waals surface area contributed by atoms with Crippen molar-refractivity contribution < 1.29 is 19.8 Å². The van der Waals surface area contributed by atoms with Crippen LogP contribution in [-0.2, 0) is 9.59 Å². The molecule has 1 aromatic carbocycles. The Balaban J connectivity index is 2.93. The normalized spacial score (nSPS) is 20.8. The lowest BCUT2D eigenvalue weighted by atomic mass is 9.77. The summed E-state index contributed by atoms with van der Waals surface area (Å²) in [5, 5.41) is 19.5. The third-order valence-corrected chi connectivity index (χ3v) is 4.44. The highest BCUT2D eigenvalue weighted by Gasteiger charge is 2.48. The minimum atomic E-state index is -1.35. The Bertz CT molecular complexity index is 677. The molecule has 22 heavy (non-hydrogen) atoms. The van der Waals surface area contributed by atoms with E-state index in [1.165, 1.54) is 0 Å². The maximum Gasteiger partial charge on any atom is 0.336 e. The van der Waals surface area contributed by atoms with E-state index < -0.39 is 17.5 Å². The SMILES string of the molecule is CCC1=C(C(=O)O)c2cc(C)ccc2N(CC)C1(C)C(=O)O. The van der Waals surface area contributed by atoms with E-state index in [-0.39, 0.29) is 5.57 Å². The number of hydrogen-bond acceptors (Lipinski definition) is 3. The topological polar surface area (TPSA) is 77.8 Å². The molecule has 0 saturated carbocycles. The lowest BCUT2D eigenvalue weighted by molar-refractivity contribution is -0.141. The fourth-order valence-corrected chi connectivity index (χ4v) is 3.39. The van der Waals surface area contributed by atoms with Crippen molar-refractivity contribution in [2.45, 2.75) is 39.7 Å². The average Bonchev–Trinajstić information content (AvgIpc) is 2.45. The van der Waals surface area contributed by atoms with E-state index in [0.717, 1.165) is 5.56 Å². The van der Waals surface area contributed by atoms with Crippen molar-refractivity contribution in [3.8, 4) is 0 Å². The second kappa shape index (κ2) is 5.48. The van der Waals surface area contributed by atoms with Gasteiger partial charge in [-0.25, -0.2) is 9.59 Å². The maximum absolute atomic E-state index is 12.0. The summed E-state index contributed by atoms with van der Waals surface area (Å²) in [5.41, 5.74) is 1.42. The van der Waals surface area contributed by atoms with Gasteiger partial charge in [0.25, 0.3) is 0 Å². The Kier molecular flexibility index (Phi) is 4.00. The zero-order valence-electron chi connectivity index (χ0n) is 13.3. The number of hydrogen-bond donors (Lipinski definition) is 2. The van der Waals surface area contributed by atoms with Crippen LogP contribution in [0.15, 0.2) is 23.8 Å². The molecule has 0 aliphatic carbocycles. The molecule has 0 bridgehead atoms. The molecule has 5 nitrogen and oxygen atoms in total. The molecule has 0 spiro atoms. The number of fused-ring (bicyclic) bond motifs is 1. The first-order chi connectivity index (χ1) is 10.3. The third kappa shape index (κ3) is 2.08. The predicted molar refractivity (Wildman–Crippen MR) is 85.1 cm³/mol. The van der Waals surface area contributed by atoms with Crippen LogP contribution in [0.1, 0.15) is 38.3 Å². The van der Waals surface area contributed by atoms with Crippen molar-refractivity contribution in [2.75, 3.05) is 11.4 Å². The number of carboxylic acids is 2. The molecule has 1 aromatic rings. The second-order valence-electron chi connectivity index (χ2n) is 5.65. The summed E-state index contributed by atoms with van der Waals surface area (Å²) in [6.07, 6.45) is 0.369. The molecule has 2 N–H and O–H groups in total. The Morgan fingerprint density at radius 2 is 1.86 bits per heavy atom. The van der Waals surface area contributed by atoms with Gasteiger partial charge in [-0.3, -0.25) is 0 Å². The van der Waals surface area contributed by atoms with E-state index >= 15 is 0 Å². The summed E-state index contributed by atoms with van der Waals surface area (Å²) in [6.45, 7) is 7.64. The standard InChI is InChI=1S/C17H21NO4/c1-5-12-14(15(19)20)11-9-10(3)7-8-13(11)18(6-2)17(12,4)16(21)22/h7-9H,5-6H2,1-4H3,(H,19,20)(H,21,22). The molecule has 1 unspecified atom stereocenters. The molecule has 0 fully saturated rings. The summed E-state index contributed by atoms with van der Waals surface area (Å²) >= 11 is 0. The minimum Gasteiger partial charge on any atom is -0.479 e. The number of aryl methyl sites for hydroxylation is 1. The van der Waals surface area contributed by atoms with Gasteiger partial charge < -0.3 is 15.1 Å². The van der Waals surface area contributed by atoms with Crippen LogP contribution in [0.25, 0.3) is 5.57 Å². The van der Waals surface area contributed by atoms with Crippen molar-refractivity contribution >= 4 is 23.2 Å². The van der Waals surface area contributed by atoms with Crippen LogP contribution >= 0.6 is 0 Å². The molecule has 2 rings (SSSR count). The summed E-state index contributed by atoms with van der Waals surface area (Å²) in [7, 11) is 0. The summed E-state index contributed by atoms with van der Waals surface area (Å²) < 4.78 is 0. The monoisotopic (exact) mass is 303 g/mol. The molecule has 0 aromatic heterocycles. The van der Waals surface area contributed by atoms with E-state index in [4.69, 9.17) is 0 Å². The predicted octanol–water partition coefficient (Wildman–Crippen LogP) is 2.93. The highest BCUT2D eigenvalue weighted by atomic mass is 16.4. The van der Waals surface area contributed by atoms with E-state index in [1.807, 2.05) is 32.0 Å². The number of anilines is 1. The number of carboxylic acid groups (broad SMARTS) is 2. The molecule has 1 aliphatic rings. The zero-order chi connectivity index (χ0) is 16.7. The minimum absolute atomic E-state index is 0.121. The van der Waals surface area contributed by atoms with Gasteiger partial charge in [0.2, 0.25) is 0 Å². The maximum atomic E-state index is 12.0. The van der Waals surface area contributed by atoms with Gasteiger partial charge in [-0.2, -0.15) is 0 Å². The van der Waals surface area contributed by atoms with Crippen LogP contribution in [0.2, 0.25) is 0 Å². The van der Waals surface area contributed by atoms with E-state index in [2.05, 4.69) is 0 Å². The van der Waals surface area contributed by atoms with Gasteiger partial charge in [-0.15, -0.1) is 0 Å². The van der Waals surface area contributed by atoms with E-state index in [1.54, 1.807) is 18.7 Å². The molecule has 0 radical (unpaired) electrons. The van der Waals surface area contributed by atoms with Crippen LogP contribution in [0, 0.1) is 6.92 Å². The summed E-state index contributed by atoms with van der Waals surface area (Å²) in [4.78, 5) is 25.6. The highest BCUT2D eigenvalue weighted by Crippen LogP contribution is 2.45.